The number of fused-ring (bicyclic) bond motifs is 1. The van der Waals surface area contributed by atoms with Crippen LogP contribution >= 0.6 is 11.3 Å². The lowest BCUT2D eigenvalue weighted by Gasteiger charge is -2.06. The van der Waals surface area contributed by atoms with Crippen LogP contribution in [0.4, 0.5) is 10.8 Å². The fraction of sp³-hybridized carbons (Fsp3) is 0.118. The van der Waals surface area contributed by atoms with Gasteiger partial charge in [0.25, 0.3) is 5.91 Å². The average molecular weight is 341 g/mol. The minimum Gasteiger partial charge on any atom is -0.496 e. The van der Waals surface area contributed by atoms with Crippen molar-refractivity contribution in [2.24, 2.45) is 0 Å². The number of nitrogens with zero attached hydrogens (tertiary/aromatic N) is 1. The molecule has 0 unspecified atom stereocenters. The van der Waals surface area contributed by atoms with E-state index >= 15 is 0 Å². The molecule has 0 aliphatic heterocycles. The highest BCUT2D eigenvalue weighted by Gasteiger charge is 2.14. The van der Waals surface area contributed by atoms with Crippen molar-refractivity contribution in [2.45, 2.75) is 6.92 Å². The van der Waals surface area contributed by atoms with Gasteiger partial charge in [0.1, 0.15) is 5.75 Å². The maximum Gasteiger partial charge on any atom is 0.261 e. The Kier molecular flexibility index (Phi) is 4.43. The topological polar surface area (TPSA) is 80.3 Å². The molecule has 0 spiro atoms. The molecule has 6 nitrogen and oxygen atoms in total. The standard InChI is InChI=1S/C17H15N3O3S/c1-10(21)18-11-7-8-13-15(9-11)24-17(19-13)20-16(22)12-5-3-4-6-14(12)23-2/h3-9H,1-2H3,(H,18,21)(H,19,20,22). The van der Waals surface area contributed by atoms with Gasteiger partial charge in [0.05, 0.1) is 22.9 Å². The van der Waals surface area contributed by atoms with Gasteiger partial charge in [-0.3, -0.25) is 14.9 Å². The number of benzene rings is 2. The Balaban J connectivity index is 1.84. The van der Waals surface area contributed by atoms with Crippen LogP contribution in [0.2, 0.25) is 0 Å². The van der Waals surface area contributed by atoms with Crippen LogP contribution in [-0.4, -0.2) is 23.9 Å². The van der Waals surface area contributed by atoms with E-state index in [9.17, 15) is 9.59 Å². The van der Waals surface area contributed by atoms with Crippen molar-refractivity contribution in [3.8, 4) is 5.75 Å². The molecule has 2 aromatic carbocycles. The summed E-state index contributed by atoms with van der Waals surface area (Å²) in [6.45, 7) is 1.45. The summed E-state index contributed by atoms with van der Waals surface area (Å²) in [6, 6.07) is 12.4. The Morgan fingerprint density at radius 3 is 2.67 bits per heavy atom. The first-order chi connectivity index (χ1) is 11.6. The summed E-state index contributed by atoms with van der Waals surface area (Å²) >= 11 is 1.34. The number of ether oxygens (including phenoxy) is 1. The highest BCUT2D eigenvalue weighted by atomic mass is 32.1. The highest BCUT2D eigenvalue weighted by Crippen LogP contribution is 2.29. The van der Waals surface area contributed by atoms with Crippen LogP contribution in [0.25, 0.3) is 10.2 Å². The van der Waals surface area contributed by atoms with Crippen molar-refractivity contribution in [1.82, 2.24) is 4.98 Å². The zero-order chi connectivity index (χ0) is 17.1. The van der Waals surface area contributed by atoms with Crippen LogP contribution in [0.5, 0.6) is 5.75 Å². The predicted octanol–water partition coefficient (Wildman–Crippen LogP) is 3.52. The second-order valence-corrected chi connectivity index (χ2v) is 6.07. The van der Waals surface area contributed by atoms with Crippen molar-refractivity contribution in [1.29, 1.82) is 0 Å². The Bertz CT molecular complexity index is 920. The molecule has 2 amide bonds. The number of carbonyl (C=O) groups excluding carboxylic acids is 2. The Labute approximate surface area is 142 Å². The van der Waals surface area contributed by atoms with Crippen LogP contribution in [0.3, 0.4) is 0 Å². The van der Waals surface area contributed by atoms with Crippen molar-refractivity contribution >= 4 is 44.2 Å². The normalized spacial score (nSPS) is 10.4. The van der Waals surface area contributed by atoms with E-state index in [4.69, 9.17) is 4.74 Å². The molecular weight excluding hydrogens is 326 g/mol. The summed E-state index contributed by atoms with van der Waals surface area (Å²) < 4.78 is 6.07. The molecule has 24 heavy (non-hydrogen) atoms. The van der Waals surface area contributed by atoms with Gasteiger partial charge in [0.2, 0.25) is 5.91 Å². The van der Waals surface area contributed by atoms with Crippen molar-refractivity contribution in [2.75, 3.05) is 17.7 Å². The molecule has 2 N–H and O–H groups in total. The Hall–Kier alpha value is -2.93. The van der Waals surface area contributed by atoms with Crippen LogP contribution in [0, 0.1) is 0 Å². The maximum atomic E-state index is 12.4. The van der Waals surface area contributed by atoms with E-state index in [0.717, 1.165) is 10.2 Å². The van der Waals surface area contributed by atoms with E-state index in [1.807, 2.05) is 6.07 Å². The van der Waals surface area contributed by atoms with E-state index < -0.39 is 0 Å². The summed E-state index contributed by atoms with van der Waals surface area (Å²) in [6.07, 6.45) is 0. The highest BCUT2D eigenvalue weighted by molar-refractivity contribution is 7.22. The van der Waals surface area contributed by atoms with Crippen LogP contribution < -0.4 is 15.4 Å². The summed E-state index contributed by atoms with van der Waals surface area (Å²) in [5.74, 6) is 0.0845. The maximum absolute atomic E-state index is 12.4. The average Bonchev–Trinajstić information content (AvgIpc) is 2.95. The van der Waals surface area contributed by atoms with Gasteiger partial charge >= 0.3 is 0 Å². The number of hydrogen-bond acceptors (Lipinski definition) is 5. The largest absolute Gasteiger partial charge is 0.496 e. The van der Waals surface area contributed by atoms with Crippen LogP contribution in [-0.2, 0) is 4.79 Å². The molecule has 3 rings (SSSR count). The van der Waals surface area contributed by atoms with Gasteiger partial charge in [-0.25, -0.2) is 4.98 Å². The molecule has 0 saturated heterocycles. The molecule has 0 bridgehead atoms. The van der Waals surface area contributed by atoms with Gasteiger partial charge in [0, 0.05) is 12.6 Å². The lowest BCUT2D eigenvalue weighted by molar-refractivity contribution is -0.114. The van der Waals surface area contributed by atoms with E-state index in [0.29, 0.717) is 22.1 Å². The SMILES string of the molecule is COc1ccccc1C(=O)Nc1nc2ccc(NC(C)=O)cc2s1. The van der Waals surface area contributed by atoms with Crippen molar-refractivity contribution in [3.05, 3.63) is 48.0 Å². The van der Waals surface area contributed by atoms with E-state index in [2.05, 4.69) is 15.6 Å². The van der Waals surface area contributed by atoms with Crippen molar-refractivity contribution < 1.29 is 14.3 Å². The van der Waals surface area contributed by atoms with Gasteiger partial charge < -0.3 is 10.1 Å². The number of rotatable bonds is 4. The van der Waals surface area contributed by atoms with Gasteiger partial charge in [-0.1, -0.05) is 23.5 Å². The molecule has 0 fully saturated rings. The third kappa shape index (κ3) is 3.36. The second kappa shape index (κ2) is 6.67. The van der Waals surface area contributed by atoms with Crippen LogP contribution in [0.15, 0.2) is 42.5 Å². The molecule has 7 heteroatoms. The minimum atomic E-state index is -0.284. The zero-order valence-electron chi connectivity index (χ0n) is 13.1. The second-order valence-electron chi connectivity index (χ2n) is 5.04. The first-order valence-electron chi connectivity index (χ1n) is 7.19. The number of carbonyl (C=O) groups is 2. The number of hydrogen-bond donors (Lipinski definition) is 2. The molecule has 122 valence electrons. The summed E-state index contributed by atoms with van der Waals surface area (Å²) in [5.41, 5.74) is 1.89. The van der Waals surface area contributed by atoms with E-state index in [1.54, 1.807) is 36.4 Å². The number of para-hydroxylation sites is 1. The number of methoxy groups -OCH3 is 1. The first kappa shape index (κ1) is 15.9. The summed E-state index contributed by atoms with van der Waals surface area (Å²) in [7, 11) is 1.52. The summed E-state index contributed by atoms with van der Waals surface area (Å²) in [4.78, 5) is 27.9. The van der Waals surface area contributed by atoms with Gasteiger partial charge in [-0.05, 0) is 30.3 Å². The monoisotopic (exact) mass is 341 g/mol. The third-order valence-corrected chi connectivity index (χ3v) is 4.21. The molecular formula is C17H15N3O3S. The minimum absolute atomic E-state index is 0.136. The Morgan fingerprint density at radius 1 is 1.12 bits per heavy atom. The fourth-order valence-electron chi connectivity index (χ4n) is 2.26. The molecule has 0 aliphatic rings. The van der Waals surface area contributed by atoms with Gasteiger partial charge in [-0.15, -0.1) is 0 Å². The van der Waals surface area contributed by atoms with E-state index in [-0.39, 0.29) is 11.8 Å². The number of nitrogens with one attached hydrogen (secondary N) is 2. The lowest BCUT2D eigenvalue weighted by atomic mass is 10.2. The smallest absolute Gasteiger partial charge is 0.261 e. The lowest BCUT2D eigenvalue weighted by Crippen LogP contribution is -2.12. The zero-order valence-corrected chi connectivity index (χ0v) is 13.9. The molecule has 1 aromatic heterocycles. The molecule has 0 saturated carbocycles. The molecule has 0 aliphatic carbocycles. The van der Waals surface area contributed by atoms with Crippen LogP contribution in [0.1, 0.15) is 17.3 Å². The van der Waals surface area contributed by atoms with Gasteiger partial charge in [0.15, 0.2) is 5.13 Å². The van der Waals surface area contributed by atoms with Crippen molar-refractivity contribution in [3.63, 3.8) is 0 Å². The molecule has 0 atom stereocenters. The molecule has 3 aromatic rings. The van der Waals surface area contributed by atoms with E-state index in [1.165, 1.54) is 25.4 Å². The quantitative estimate of drug-likeness (QED) is 0.761. The first-order valence-corrected chi connectivity index (χ1v) is 8.01. The predicted molar refractivity (Wildman–Crippen MR) is 94.9 cm³/mol. The molecule has 1 heterocycles. The number of thiazole rings is 1. The summed E-state index contributed by atoms with van der Waals surface area (Å²) in [5, 5.41) is 5.99. The molecule has 0 radical (unpaired) electrons. The number of aromatic nitrogens is 1. The number of amides is 2. The van der Waals surface area contributed by atoms with Gasteiger partial charge in [-0.2, -0.15) is 0 Å². The Morgan fingerprint density at radius 2 is 1.92 bits per heavy atom. The third-order valence-electron chi connectivity index (χ3n) is 3.28. The fourth-order valence-corrected chi connectivity index (χ4v) is 3.16. The number of anilines is 2.